The first kappa shape index (κ1) is 21.9. The minimum absolute atomic E-state index is 0.0923. The summed E-state index contributed by atoms with van der Waals surface area (Å²) in [5, 5.41) is 4.16. The summed E-state index contributed by atoms with van der Waals surface area (Å²) < 4.78 is 0. The Hall–Kier alpha value is -1.39. The fourth-order valence-corrected chi connectivity index (χ4v) is 3.87. The molecule has 2 saturated carbocycles. The van der Waals surface area contributed by atoms with E-state index < -0.39 is 5.41 Å². The molecule has 5 nitrogen and oxygen atoms in total. The van der Waals surface area contributed by atoms with Gasteiger partial charge in [0.15, 0.2) is 0 Å². The maximum absolute atomic E-state index is 13.3. The molecule has 2 fully saturated rings. The summed E-state index contributed by atoms with van der Waals surface area (Å²) in [7, 11) is 0. The fourth-order valence-electron chi connectivity index (χ4n) is 3.87. The Morgan fingerprint density at radius 1 is 1.04 bits per heavy atom. The predicted octanol–water partition coefficient (Wildman–Crippen LogP) is 5.69. The zero-order chi connectivity index (χ0) is 19.7. The molecule has 5 heteroatoms. The van der Waals surface area contributed by atoms with Crippen LogP contribution in [0.1, 0.15) is 105 Å². The molecule has 154 valence electrons. The van der Waals surface area contributed by atoms with Crippen LogP contribution in [0.25, 0.3) is 0 Å². The summed E-state index contributed by atoms with van der Waals surface area (Å²) in [5.74, 6) is 0.0923. The Balaban J connectivity index is 2.30. The molecule has 0 aliphatic heterocycles. The molecule has 0 heterocycles. The summed E-state index contributed by atoms with van der Waals surface area (Å²) in [6, 6.07) is 0.851. The second-order valence-corrected chi connectivity index (χ2v) is 9.09. The minimum Gasteiger partial charge on any atom is -0.317 e. The van der Waals surface area contributed by atoms with E-state index in [9.17, 15) is 4.79 Å². The second-order valence-electron chi connectivity index (χ2n) is 9.09. The lowest BCUT2D eigenvalue weighted by molar-refractivity contribution is -0.138. The lowest BCUT2D eigenvalue weighted by Gasteiger charge is -2.37. The third-order valence-corrected chi connectivity index (χ3v) is 5.50. The average Bonchev–Trinajstić information content (AvgIpc) is 2.66. The van der Waals surface area contributed by atoms with Crippen molar-refractivity contribution in [3.63, 3.8) is 0 Å². The van der Waals surface area contributed by atoms with Crippen LogP contribution in [-0.4, -0.2) is 35.1 Å². The molecule has 0 N–H and O–H groups in total. The Morgan fingerprint density at radius 2 is 1.63 bits per heavy atom. The number of unbranched alkanes of at least 4 members (excludes halogenated alkanes) is 1. The Kier molecular flexibility index (Phi) is 8.78. The van der Waals surface area contributed by atoms with Crippen LogP contribution in [0.5, 0.6) is 0 Å². The highest BCUT2D eigenvalue weighted by Crippen LogP contribution is 2.29. The quantitative estimate of drug-likeness (QED) is 0.351. The van der Waals surface area contributed by atoms with Crippen molar-refractivity contribution in [2.24, 2.45) is 15.6 Å². The van der Waals surface area contributed by atoms with Gasteiger partial charge in [0.25, 0.3) is 0 Å². The monoisotopic (exact) mass is 377 g/mol. The van der Waals surface area contributed by atoms with E-state index in [1.807, 2.05) is 25.7 Å². The fraction of sp³-hybridized carbons (Fsp3) is 0.864. The van der Waals surface area contributed by atoms with Gasteiger partial charge in [-0.2, -0.15) is 0 Å². The summed E-state index contributed by atoms with van der Waals surface area (Å²) in [4.78, 5) is 25.9. The number of aliphatic imine (C=N–C) groups is 1. The van der Waals surface area contributed by atoms with Gasteiger partial charge in [0, 0.05) is 17.7 Å². The highest BCUT2D eigenvalue weighted by atomic mass is 16.6. The molecule has 27 heavy (non-hydrogen) atoms. The first-order valence-corrected chi connectivity index (χ1v) is 11.0. The number of amides is 1. The molecule has 0 aromatic heterocycles. The number of oxime groups is 1. The van der Waals surface area contributed by atoms with Gasteiger partial charge >= 0.3 is 6.02 Å². The molecule has 0 unspecified atom stereocenters. The number of hydrogen-bond acceptors (Lipinski definition) is 4. The van der Waals surface area contributed by atoms with E-state index in [-0.39, 0.29) is 18.0 Å². The number of carbonyl (C=O) groups excluding carboxylic acids is 1. The summed E-state index contributed by atoms with van der Waals surface area (Å²) in [6.07, 6.45) is 15.1. The van der Waals surface area contributed by atoms with Crippen LogP contribution < -0.4 is 0 Å². The lowest BCUT2D eigenvalue weighted by atomic mass is 9.90. The summed E-state index contributed by atoms with van der Waals surface area (Å²) >= 11 is 0. The van der Waals surface area contributed by atoms with Crippen molar-refractivity contribution < 1.29 is 9.63 Å². The van der Waals surface area contributed by atoms with Crippen molar-refractivity contribution in [1.29, 1.82) is 0 Å². The molecule has 2 aliphatic carbocycles. The summed E-state index contributed by atoms with van der Waals surface area (Å²) in [5.41, 5.74) is -0.471. The molecular weight excluding hydrogens is 338 g/mol. The van der Waals surface area contributed by atoms with Gasteiger partial charge in [-0.25, -0.2) is 4.99 Å². The van der Waals surface area contributed by atoms with Crippen LogP contribution in [0.4, 0.5) is 0 Å². The highest BCUT2D eigenvalue weighted by Gasteiger charge is 2.37. The van der Waals surface area contributed by atoms with Crippen LogP contribution in [-0.2, 0) is 9.63 Å². The number of carbonyl (C=O) groups is 1. The van der Waals surface area contributed by atoms with Gasteiger partial charge in [-0.1, -0.05) is 77.8 Å². The summed E-state index contributed by atoms with van der Waals surface area (Å²) in [6.45, 7) is 8.04. The molecule has 0 aromatic carbocycles. The van der Waals surface area contributed by atoms with Crippen LogP contribution in [0.2, 0.25) is 0 Å². The maximum atomic E-state index is 13.3. The normalized spacial score (nSPS) is 20.8. The van der Waals surface area contributed by atoms with Crippen LogP contribution in [0.15, 0.2) is 10.1 Å². The van der Waals surface area contributed by atoms with E-state index in [0.29, 0.717) is 6.02 Å². The SMILES string of the molecule is CCCC=NOC(=NC1CCCCC1)N(C(=O)C(C)(C)C)C1CCCCC1. The number of nitrogens with zero attached hydrogens (tertiary/aromatic N) is 3. The lowest BCUT2D eigenvalue weighted by Crippen LogP contribution is -2.51. The topological polar surface area (TPSA) is 54.3 Å². The first-order chi connectivity index (χ1) is 12.9. The number of rotatable bonds is 5. The average molecular weight is 378 g/mol. The highest BCUT2D eigenvalue weighted by molar-refractivity contribution is 5.97. The van der Waals surface area contributed by atoms with Gasteiger partial charge in [-0.05, 0) is 32.1 Å². The number of amidine groups is 1. The third kappa shape index (κ3) is 6.93. The smallest absolute Gasteiger partial charge is 0.317 e. The first-order valence-electron chi connectivity index (χ1n) is 11.0. The molecule has 2 rings (SSSR count). The predicted molar refractivity (Wildman–Crippen MR) is 112 cm³/mol. The van der Waals surface area contributed by atoms with E-state index in [0.717, 1.165) is 51.4 Å². The molecule has 0 spiro atoms. The molecule has 0 atom stereocenters. The Bertz CT molecular complexity index is 510. The van der Waals surface area contributed by atoms with Crippen LogP contribution in [0, 0.1) is 5.41 Å². The standard InChI is InChI=1S/C22H39N3O2/c1-5-6-17-23-27-21(24-18-13-9-7-10-14-18)25(20(26)22(2,3)4)19-15-11-8-12-16-19/h17-19H,5-16H2,1-4H3. The molecular formula is C22H39N3O2. The van der Waals surface area contributed by atoms with E-state index in [4.69, 9.17) is 9.83 Å². The van der Waals surface area contributed by atoms with Gasteiger partial charge in [-0.3, -0.25) is 9.69 Å². The van der Waals surface area contributed by atoms with Crippen molar-refractivity contribution in [3.05, 3.63) is 0 Å². The third-order valence-electron chi connectivity index (χ3n) is 5.50. The zero-order valence-corrected chi connectivity index (χ0v) is 17.9. The van der Waals surface area contributed by atoms with Crippen molar-refractivity contribution >= 4 is 18.1 Å². The van der Waals surface area contributed by atoms with Gasteiger partial charge < -0.3 is 4.84 Å². The van der Waals surface area contributed by atoms with E-state index in [1.165, 1.54) is 25.7 Å². The van der Waals surface area contributed by atoms with Crippen molar-refractivity contribution in [2.45, 2.75) is 117 Å². The minimum atomic E-state index is -0.471. The van der Waals surface area contributed by atoms with E-state index in [1.54, 1.807) is 6.21 Å². The Labute approximate surface area is 165 Å². The largest absolute Gasteiger partial charge is 0.324 e. The van der Waals surface area contributed by atoms with Gasteiger partial charge in [0.05, 0.1) is 6.04 Å². The molecule has 0 saturated heterocycles. The Morgan fingerprint density at radius 3 is 2.19 bits per heavy atom. The van der Waals surface area contributed by atoms with E-state index in [2.05, 4.69) is 12.1 Å². The van der Waals surface area contributed by atoms with Crippen LogP contribution in [0.3, 0.4) is 0 Å². The molecule has 1 amide bonds. The van der Waals surface area contributed by atoms with Crippen LogP contribution >= 0.6 is 0 Å². The zero-order valence-electron chi connectivity index (χ0n) is 17.9. The molecule has 0 bridgehead atoms. The van der Waals surface area contributed by atoms with Gasteiger partial charge in [0.1, 0.15) is 0 Å². The number of hydrogen-bond donors (Lipinski definition) is 0. The van der Waals surface area contributed by atoms with Gasteiger partial charge in [-0.15, -0.1) is 0 Å². The molecule has 0 aromatic rings. The second kappa shape index (κ2) is 10.8. The molecule has 2 aliphatic rings. The van der Waals surface area contributed by atoms with E-state index >= 15 is 0 Å². The van der Waals surface area contributed by atoms with Crippen molar-refractivity contribution in [2.75, 3.05) is 0 Å². The molecule has 0 radical (unpaired) electrons. The van der Waals surface area contributed by atoms with Crippen molar-refractivity contribution in [3.8, 4) is 0 Å². The van der Waals surface area contributed by atoms with Crippen molar-refractivity contribution in [1.82, 2.24) is 4.90 Å². The van der Waals surface area contributed by atoms with Gasteiger partial charge in [0.2, 0.25) is 5.91 Å². The maximum Gasteiger partial charge on any atom is 0.324 e.